The molecule has 1 aromatic rings. The van der Waals surface area contributed by atoms with Crippen LogP contribution in [0.15, 0.2) is 18.5 Å². The maximum Gasteiger partial charge on any atom is 0.418 e. The van der Waals surface area contributed by atoms with Crippen molar-refractivity contribution < 1.29 is 23.1 Å². The number of piperidine rings is 2. The summed E-state index contributed by atoms with van der Waals surface area (Å²) in [7, 11) is 0. The maximum atomic E-state index is 13.2. The van der Waals surface area contributed by atoms with E-state index in [4.69, 9.17) is 0 Å². The molecule has 2 aliphatic heterocycles. The average molecular weight is 346 g/mol. The topological polar surface area (TPSA) is 70.4 Å². The molecule has 134 valence electrons. The molecule has 0 aromatic carbocycles. The first-order valence-electron chi connectivity index (χ1n) is 8.08. The summed E-state index contributed by atoms with van der Waals surface area (Å²) in [5.41, 5.74) is -3.82. The molecule has 2 saturated heterocycles. The Hall–Kier alpha value is -1.61. The zero-order valence-electron chi connectivity index (χ0n) is 13.2. The Bertz CT molecular complexity index is 584. The first-order chi connectivity index (χ1) is 11.3. The number of β-amino-alcohol motifs (C(OH)–C–C–N with tert-alkyl or cyclic N) is 1. The number of amides is 1. The monoisotopic (exact) mass is 346 g/mol. The van der Waals surface area contributed by atoms with Crippen LogP contribution < -0.4 is 5.32 Å². The number of nitrogens with zero attached hydrogens (tertiary/aromatic N) is 3. The van der Waals surface area contributed by atoms with Gasteiger partial charge in [-0.2, -0.15) is 18.3 Å². The fourth-order valence-electron chi connectivity index (χ4n) is 3.64. The van der Waals surface area contributed by atoms with Gasteiger partial charge in [0.25, 0.3) is 5.91 Å². The molecule has 0 saturated carbocycles. The summed E-state index contributed by atoms with van der Waals surface area (Å²) in [5, 5.41) is 17.3. The lowest BCUT2D eigenvalue weighted by Gasteiger charge is -2.45. The van der Waals surface area contributed by atoms with Crippen LogP contribution in [0, 0.1) is 0 Å². The fourth-order valence-corrected chi connectivity index (χ4v) is 3.64. The van der Waals surface area contributed by atoms with Gasteiger partial charge in [0.05, 0.1) is 6.54 Å². The third-order valence-electron chi connectivity index (χ3n) is 5.06. The van der Waals surface area contributed by atoms with E-state index in [-0.39, 0.29) is 19.4 Å². The smallest absolute Gasteiger partial charge is 0.379 e. The summed E-state index contributed by atoms with van der Waals surface area (Å²) in [4.78, 5) is 14.3. The number of carbonyl (C=O) groups is 1. The average Bonchev–Trinajstić information content (AvgIpc) is 3.09. The van der Waals surface area contributed by atoms with Crippen molar-refractivity contribution in [2.24, 2.45) is 0 Å². The van der Waals surface area contributed by atoms with E-state index >= 15 is 0 Å². The highest BCUT2D eigenvalue weighted by Gasteiger charge is 2.57. The van der Waals surface area contributed by atoms with Crippen LogP contribution in [0.25, 0.3) is 0 Å². The lowest BCUT2D eigenvalue weighted by atomic mass is 9.84. The molecule has 0 spiro atoms. The molecule has 2 fully saturated rings. The van der Waals surface area contributed by atoms with Crippen LogP contribution in [-0.2, 0) is 10.3 Å². The molecule has 3 heterocycles. The molecular formula is C15H21F3N4O2. The summed E-state index contributed by atoms with van der Waals surface area (Å²) < 4.78 is 41.0. The van der Waals surface area contributed by atoms with Crippen molar-refractivity contribution in [2.45, 2.75) is 43.0 Å². The molecule has 0 aliphatic carbocycles. The summed E-state index contributed by atoms with van der Waals surface area (Å²) in [6.07, 6.45) is -0.879. The van der Waals surface area contributed by atoms with Gasteiger partial charge < -0.3 is 15.3 Å². The zero-order valence-corrected chi connectivity index (χ0v) is 13.2. The van der Waals surface area contributed by atoms with Crippen LogP contribution in [0.5, 0.6) is 0 Å². The van der Waals surface area contributed by atoms with E-state index in [1.807, 2.05) is 0 Å². The number of hydrogen-bond acceptors (Lipinski definition) is 4. The van der Waals surface area contributed by atoms with E-state index < -0.39 is 29.8 Å². The van der Waals surface area contributed by atoms with Gasteiger partial charge in [-0.3, -0.25) is 9.48 Å². The van der Waals surface area contributed by atoms with Gasteiger partial charge in [-0.15, -0.1) is 0 Å². The molecule has 1 aromatic heterocycles. The quantitative estimate of drug-likeness (QED) is 0.834. The van der Waals surface area contributed by atoms with Crippen molar-refractivity contribution in [3.8, 4) is 0 Å². The third-order valence-corrected chi connectivity index (χ3v) is 5.06. The Morgan fingerprint density at radius 3 is 2.54 bits per heavy atom. The Morgan fingerprint density at radius 1 is 1.25 bits per heavy atom. The molecule has 2 aliphatic rings. The number of aromatic nitrogens is 2. The minimum atomic E-state index is -4.75. The summed E-state index contributed by atoms with van der Waals surface area (Å²) in [5.74, 6) is -0.393. The Labute approximate surface area is 137 Å². The number of likely N-dealkylation sites (tertiary alicyclic amines) is 1. The second-order valence-corrected chi connectivity index (χ2v) is 6.59. The second kappa shape index (κ2) is 6.03. The number of alkyl halides is 3. The molecule has 3 rings (SSSR count). The number of rotatable bonds is 2. The SMILES string of the molecule is O=C(N1CCCC(O)(C(F)(F)F)C1)C1(n2cccn2)CCNCC1. The van der Waals surface area contributed by atoms with Crippen LogP contribution in [0.3, 0.4) is 0 Å². The minimum Gasteiger partial charge on any atom is -0.379 e. The predicted octanol–water partition coefficient (Wildman–Crippen LogP) is 0.878. The number of carbonyl (C=O) groups excluding carboxylic acids is 1. The molecular weight excluding hydrogens is 325 g/mol. The molecule has 1 unspecified atom stereocenters. The molecule has 0 bridgehead atoms. The van der Waals surface area contributed by atoms with Crippen molar-refractivity contribution in [1.82, 2.24) is 20.0 Å². The van der Waals surface area contributed by atoms with Gasteiger partial charge in [0.1, 0.15) is 5.54 Å². The van der Waals surface area contributed by atoms with Gasteiger partial charge in [-0.25, -0.2) is 0 Å². The Kier molecular flexibility index (Phi) is 4.33. The van der Waals surface area contributed by atoms with Crippen molar-refractivity contribution in [2.75, 3.05) is 26.2 Å². The van der Waals surface area contributed by atoms with E-state index in [1.165, 1.54) is 0 Å². The van der Waals surface area contributed by atoms with E-state index in [9.17, 15) is 23.1 Å². The Balaban J connectivity index is 1.88. The van der Waals surface area contributed by atoms with Gasteiger partial charge >= 0.3 is 6.18 Å². The summed E-state index contributed by atoms with van der Waals surface area (Å²) in [6, 6.07) is 1.69. The van der Waals surface area contributed by atoms with Gasteiger partial charge in [-0.1, -0.05) is 0 Å². The van der Waals surface area contributed by atoms with Crippen LogP contribution in [0.4, 0.5) is 13.2 Å². The van der Waals surface area contributed by atoms with E-state index in [0.717, 1.165) is 4.90 Å². The maximum absolute atomic E-state index is 13.2. The molecule has 2 N–H and O–H groups in total. The van der Waals surface area contributed by atoms with Crippen molar-refractivity contribution in [1.29, 1.82) is 0 Å². The molecule has 24 heavy (non-hydrogen) atoms. The normalized spacial score (nSPS) is 27.9. The van der Waals surface area contributed by atoms with Gasteiger partial charge in [0.15, 0.2) is 5.60 Å². The zero-order chi connectivity index (χ0) is 17.4. The van der Waals surface area contributed by atoms with Crippen molar-refractivity contribution in [3.63, 3.8) is 0 Å². The number of hydrogen-bond donors (Lipinski definition) is 2. The highest BCUT2D eigenvalue weighted by atomic mass is 19.4. The fraction of sp³-hybridized carbons (Fsp3) is 0.733. The largest absolute Gasteiger partial charge is 0.418 e. The Morgan fingerprint density at radius 2 is 1.96 bits per heavy atom. The standard InChI is InChI=1S/C15H21F3N4O2/c16-15(17,18)14(24)3-1-9-21(11-14)12(23)13(4-7-19-8-5-13)22-10-2-6-20-22/h2,6,10,19,24H,1,3-5,7-9,11H2. The van der Waals surface area contributed by atoms with E-state index in [0.29, 0.717) is 25.9 Å². The minimum absolute atomic E-state index is 0.120. The van der Waals surface area contributed by atoms with Crippen LogP contribution in [0.1, 0.15) is 25.7 Å². The van der Waals surface area contributed by atoms with Crippen molar-refractivity contribution in [3.05, 3.63) is 18.5 Å². The summed E-state index contributed by atoms with van der Waals surface area (Å²) in [6.45, 7) is 0.672. The van der Waals surface area contributed by atoms with Gasteiger partial charge in [0.2, 0.25) is 0 Å². The molecule has 6 nitrogen and oxygen atoms in total. The first kappa shape index (κ1) is 17.2. The molecule has 0 radical (unpaired) electrons. The molecule has 1 amide bonds. The van der Waals surface area contributed by atoms with Crippen LogP contribution in [0.2, 0.25) is 0 Å². The highest BCUT2D eigenvalue weighted by molar-refractivity contribution is 5.85. The van der Waals surface area contributed by atoms with Crippen LogP contribution in [-0.4, -0.2) is 63.7 Å². The van der Waals surface area contributed by atoms with Crippen LogP contribution >= 0.6 is 0 Å². The molecule has 1 atom stereocenters. The first-order valence-corrected chi connectivity index (χ1v) is 8.08. The molecule has 9 heteroatoms. The number of halogens is 3. The third kappa shape index (κ3) is 2.79. The van der Waals surface area contributed by atoms with E-state index in [1.54, 1.807) is 23.1 Å². The second-order valence-electron chi connectivity index (χ2n) is 6.59. The summed E-state index contributed by atoms with van der Waals surface area (Å²) >= 11 is 0. The number of aliphatic hydroxyl groups is 1. The lowest BCUT2D eigenvalue weighted by molar-refractivity contribution is -0.273. The lowest BCUT2D eigenvalue weighted by Crippen LogP contribution is -2.63. The van der Waals surface area contributed by atoms with Gasteiger partial charge in [0, 0.05) is 18.9 Å². The van der Waals surface area contributed by atoms with Gasteiger partial charge in [-0.05, 0) is 44.8 Å². The highest BCUT2D eigenvalue weighted by Crippen LogP contribution is 2.39. The van der Waals surface area contributed by atoms with Crippen molar-refractivity contribution >= 4 is 5.91 Å². The van der Waals surface area contributed by atoms with E-state index in [2.05, 4.69) is 10.4 Å². The predicted molar refractivity (Wildman–Crippen MR) is 79.1 cm³/mol. The number of nitrogens with one attached hydrogen (secondary N) is 1.